The lowest BCUT2D eigenvalue weighted by atomic mass is 10.2. The topological polar surface area (TPSA) is 34.1 Å². The van der Waals surface area contributed by atoms with Crippen molar-refractivity contribution in [2.75, 3.05) is 0 Å². The fraction of sp³-hybridized carbons (Fsp3) is 0. The molecule has 78 valence electrons. The Kier molecular flexibility index (Phi) is 2.92. The highest BCUT2D eigenvalue weighted by molar-refractivity contribution is 6.07. The van der Waals surface area contributed by atoms with Crippen LogP contribution in [0.25, 0.3) is 11.1 Å². The molecule has 0 bridgehead atoms. The summed E-state index contributed by atoms with van der Waals surface area (Å²) >= 11 is 0. The van der Waals surface area contributed by atoms with Crippen LogP contribution in [0.5, 0.6) is 0 Å². The van der Waals surface area contributed by atoms with Gasteiger partial charge in [0.2, 0.25) is 0 Å². The Hall–Kier alpha value is -2.22. The lowest BCUT2D eigenvalue weighted by Crippen LogP contribution is -1.73. The maximum atomic E-state index is 10.0. The van der Waals surface area contributed by atoms with Crippen molar-refractivity contribution >= 4 is 12.6 Å². The van der Waals surface area contributed by atoms with Gasteiger partial charge in [-0.25, -0.2) is 0 Å². The van der Waals surface area contributed by atoms with Crippen LogP contribution < -0.4 is 0 Å². The van der Waals surface area contributed by atoms with Crippen molar-refractivity contribution in [2.45, 2.75) is 0 Å². The summed E-state index contributed by atoms with van der Waals surface area (Å²) in [7, 11) is 0. The Morgan fingerprint density at radius 1 is 0.688 bits per heavy atom. The van der Waals surface area contributed by atoms with Crippen LogP contribution in [0.4, 0.5) is 0 Å². The maximum absolute atomic E-state index is 10.0. The number of fused-ring (bicyclic) bond motifs is 1. The molecule has 1 aromatic rings. The molecule has 2 nitrogen and oxygen atoms in total. The van der Waals surface area contributed by atoms with Crippen molar-refractivity contribution in [1.29, 1.82) is 0 Å². The van der Waals surface area contributed by atoms with E-state index >= 15 is 0 Å². The van der Waals surface area contributed by atoms with Crippen molar-refractivity contribution in [3.63, 3.8) is 0 Å². The van der Waals surface area contributed by atoms with Gasteiger partial charge in [-0.15, -0.1) is 0 Å². The van der Waals surface area contributed by atoms with Gasteiger partial charge in [-0.3, -0.25) is 9.59 Å². The molecular weight excluding hydrogens is 200 g/mol. The predicted octanol–water partition coefficient (Wildman–Crippen LogP) is 2.98. The van der Waals surface area contributed by atoms with Gasteiger partial charge in [-0.1, -0.05) is 48.5 Å². The number of aldehydes is 2. The third kappa shape index (κ3) is 2.06. The third-order valence-corrected chi connectivity index (χ3v) is 2.39. The minimum absolute atomic E-state index is 0.729. The van der Waals surface area contributed by atoms with E-state index in [1.54, 1.807) is 12.1 Å². The van der Waals surface area contributed by atoms with Crippen LogP contribution in [0.3, 0.4) is 0 Å². The number of carbonyl (C=O) groups is 2. The second-order valence-electron chi connectivity index (χ2n) is 3.41. The zero-order valence-corrected chi connectivity index (χ0v) is 8.59. The van der Waals surface area contributed by atoms with Crippen molar-refractivity contribution in [3.05, 3.63) is 59.7 Å². The highest BCUT2D eigenvalue weighted by Gasteiger charge is 2.21. The van der Waals surface area contributed by atoms with E-state index in [0.29, 0.717) is 0 Å². The number of rotatable bonds is 2. The molecule has 0 spiro atoms. The van der Waals surface area contributed by atoms with Crippen LogP contribution in [-0.4, -0.2) is 12.6 Å². The Labute approximate surface area is 93.5 Å². The van der Waals surface area contributed by atoms with Crippen LogP contribution in [0.15, 0.2) is 48.5 Å². The molecular formula is C14H10O2. The van der Waals surface area contributed by atoms with Gasteiger partial charge in [-0.2, -0.15) is 0 Å². The molecule has 0 saturated carbocycles. The molecule has 0 aliphatic heterocycles. The van der Waals surface area contributed by atoms with E-state index in [-0.39, 0.29) is 0 Å². The fourth-order valence-corrected chi connectivity index (χ4v) is 1.49. The zero-order chi connectivity index (χ0) is 11.4. The summed E-state index contributed by atoms with van der Waals surface area (Å²) < 4.78 is 0. The molecule has 0 N–H and O–H groups in total. The molecule has 3 rings (SSSR count). The van der Waals surface area contributed by atoms with Gasteiger partial charge in [0.25, 0.3) is 0 Å². The molecule has 1 aromatic carbocycles. The lowest BCUT2D eigenvalue weighted by Gasteiger charge is -1.81. The highest BCUT2D eigenvalue weighted by atomic mass is 16.1. The monoisotopic (exact) mass is 210 g/mol. The quantitative estimate of drug-likeness (QED) is 0.609. The van der Waals surface area contributed by atoms with E-state index < -0.39 is 0 Å². The van der Waals surface area contributed by atoms with Crippen molar-refractivity contribution in [1.82, 2.24) is 0 Å². The van der Waals surface area contributed by atoms with Gasteiger partial charge in [0.15, 0.2) is 6.29 Å². The summed E-state index contributed by atoms with van der Waals surface area (Å²) in [5.41, 5.74) is 3.90. The smallest absolute Gasteiger partial charge is 0.151 e. The molecule has 0 heterocycles. The second kappa shape index (κ2) is 4.53. The first-order valence-electron chi connectivity index (χ1n) is 4.95. The minimum Gasteiger partial charge on any atom is -0.298 e. The molecule has 0 fully saturated rings. The lowest BCUT2D eigenvalue weighted by molar-refractivity contribution is 0.111. The second-order valence-corrected chi connectivity index (χ2v) is 3.41. The first-order valence-corrected chi connectivity index (χ1v) is 4.95. The fourth-order valence-electron chi connectivity index (χ4n) is 1.49. The largest absolute Gasteiger partial charge is 0.298 e. The van der Waals surface area contributed by atoms with Gasteiger partial charge in [0.05, 0.1) is 0 Å². The van der Waals surface area contributed by atoms with Crippen LogP contribution in [0.1, 0.15) is 20.7 Å². The highest BCUT2D eigenvalue weighted by Crippen LogP contribution is 2.40. The average Bonchev–Trinajstić information content (AvgIpc) is 2.81. The summed E-state index contributed by atoms with van der Waals surface area (Å²) in [5.74, 6) is 0. The van der Waals surface area contributed by atoms with Gasteiger partial charge >= 0.3 is 0 Å². The number of carbonyl (C=O) groups excluding carboxylic acids is 2. The molecule has 16 heavy (non-hydrogen) atoms. The van der Waals surface area contributed by atoms with Crippen LogP contribution >= 0.6 is 0 Å². The molecule has 0 unspecified atom stereocenters. The SMILES string of the molecule is O=Cc1c2cccc1-2.O=Cc1ccccc1. The van der Waals surface area contributed by atoms with Gasteiger partial charge in [-0.05, 0) is 11.1 Å². The summed E-state index contributed by atoms with van der Waals surface area (Å²) in [6.45, 7) is 0. The summed E-state index contributed by atoms with van der Waals surface area (Å²) in [6.07, 6.45) is 1.74. The Bertz CT molecular complexity index is 489. The van der Waals surface area contributed by atoms with Crippen LogP contribution in [0, 0.1) is 0 Å². The number of hydrogen-bond acceptors (Lipinski definition) is 2. The number of benzene rings is 2. The predicted molar refractivity (Wildman–Crippen MR) is 62.7 cm³/mol. The molecule has 0 saturated heterocycles. The first kappa shape index (κ1) is 10.3. The maximum Gasteiger partial charge on any atom is 0.151 e. The van der Waals surface area contributed by atoms with E-state index in [1.807, 2.05) is 36.4 Å². The van der Waals surface area contributed by atoms with Crippen molar-refractivity contribution in [3.8, 4) is 11.1 Å². The molecule has 0 radical (unpaired) electrons. The van der Waals surface area contributed by atoms with Crippen LogP contribution in [0.2, 0.25) is 0 Å². The van der Waals surface area contributed by atoms with Gasteiger partial charge < -0.3 is 0 Å². The molecule has 0 atom stereocenters. The number of hydrogen-bond donors (Lipinski definition) is 0. The molecule has 2 aliphatic carbocycles. The van der Waals surface area contributed by atoms with Gasteiger partial charge in [0, 0.05) is 11.1 Å². The molecule has 2 aliphatic rings. The van der Waals surface area contributed by atoms with Gasteiger partial charge in [0.1, 0.15) is 6.29 Å². The summed E-state index contributed by atoms with van der Waals surface area (Å²) in [5, 5.41) is 0. The van der Waals surface area contributed by atoms with E-state index in [9.17, 15) is 9.59 Å². The Balaban J connectivity index is 0.000000120. The van der Waals surface area contributed by atoms with Crippen LogP contribution in [-0.2, 0) is 0 Å². The van der Waals surface area contributed by atoms with Crippen molar-refractivity contribution < 1.29 is 9.59 Å². The summed E-state index contributed by atoms with van der Waals surface area (Å²) in [6, 6.07) is 15.0. The molecule has 0 amide bonds. The Morgan fingerprint density at radius 2 is 1.31 bits per heavy atom. The standard InChI is InChI=1S/C7H4O.C7H6O/c8-4-7-5-2-1-3-6(5)7;8-6-7-4-2-1-3-5-7/h1-4H;1-6H. The summed E-state index contributed by atoms with van der Waals surface area (Å²) in [4.78, 5) is 20.1. The average molecular weight is 210 g/mol. The normalized spacial score (nSPS) is 9.75. The Morgan fingerprint density at radius 3 is 1.69 bits per heavy atom. The minimum atomic E-state index is 0.729. The van der Waals surface area contributed by atoms with E-state index in [1.165, 1.54) is 0 Å². The van der Waals surface area contributed by atoms with E-state index in [0.717, 1.165) is 34.8 Å². The third-order valence-electron chi connectivity index (χ3n) is 2.39. The van der Waals surface area contributed by atoms with E-state index in [2.05, 4.69) is 0 Å². The molecule has 0 aromatic heterocycles. The van der Waals surface area contributed by atoms with E-state index in [4.69, 9.17) is 0 Å². The van der Waals surface area contributed by atoms with Crippen molar-refractivity contribution in [2.24, 2.45) is 0 Å². The molecule has 2 heteroatoms. The zero-order valence-electron chi connectivity index (χ0n) is 8.59. The first-order chi connectivity index (χ1) is 7.86.